The fourth-order valence-electron chi connectivity index (χ4n) is 7.95. The highest BCUT2D eigenvalue weighted by Gasteiger charge is 2.29. The number of hydrogen-bond acceptors (Lipinski definition) is 12. The van der Waals surface area contributed by atoms with Crippen LogP contribution < -0.4 is 31.0 Å². The lowest BCUT2D eigenvalue weighted by Gasteiger charge is -2.41. The first kappa shape index (κ1) is 40.5. The highest BCUT2D eigenvalue weighted by molar-refractivity contribution is 7.90. The summed E-state index contributed by atoms with van der Waals surface area (Å²) in [7, 11) is -4.32. The molecule has 14 nitrogen and oxygen atoms in total. The van der Waals surface area contributed by atoms with Crippen molar-refractivity contribution in [3.8, 4) is 11.5 Å². The molecule has 0 aliphatic carbocycles. The lowest BCUT2D eigenvalue weighted by atomic mass is 9.91. The van der Waals surface area contributed by atoms with Crippen molar-refractivity contribution in [3.05, 3.63) is 99.4 Å². The smallest absolute Gasteiger partial charge is 0.268 e. The third-order valence-electron chi connectivity index (χ3n) is 11.0. The molecule has 3 aliphatic rings. The van der Waals surface area contributed by atoms with Crippen LogP contribution in [0.4, 0.5) is 17.1 Å². The molecular weight excluding hydrogens is 768 g/mol. The molecular formula is C41H51ClN8O6S. The Bertz CT molecular complexity index is 2160. The SMILES string of the molecule is Nc1cc(S(=O)(=O)NC(=O)c2ccc(N3CCC(CN4CCCC[C@H]4c4ccc(Cl)cc4)CC3)cc2Oc2cn[nH]c(=O)c2)ccc1NCCCN1CCOCC1. The summed E-state index contributed by atoms with van der Waals surface area (Å²) >= 11 is 6.18. The lowest BCUT2D eigenvalue weighted by molar-refractivity contribution is 0.0378. The maximum Gasteiger partial charge on any atom is 0.268 e. The largest absolute Gasteiger partial charge is 0.455 e. The van der Waals surface area contributed by atoms with Crippen LogP contribution in [0.1, 0.15) is 60.5 Å². The summed E-state index contributed by atoms with van der Waals surface area (Å²) in [6, 6.07) is 19.2. The number of likely N-dealkylation sites (tertiary alicyclic amines) is 1. The molecule has 4 heterocycles. The summed E-state index contributed by atoms with van der Waals surface area (Å²) in [6.45, 7) is 8.59. The quantitative estimate of drug-likeness (QED) is 0.0932. The number of anilines is 3. The number of rotatable bonds is 14. The molecule has 3 saturated heterocycles. The number of nitrogen functional groups attached to an aromatic ring is 1. The Labute approximate surface area is 338 Å². The zero-order chi connectivity index (χ0) is 39.8. The maximum absolute atomic E-state index is 13.7. The fraction of sp³-hybridized carbons (Fsp3) is 0.439. The maximum atomic E-state index is 13.7. The number of benzene rings is 3. The molecule has 0 spiro atoms. The van der Waals surface area contributed by atoms with Crippen LogP contribution in [0.3, 0.4) is 0 Å². The summed E-state index contributed by atoms with van der Waals surface area (Å²) in [6.07, 6.45) is 7.74. The topological polar surface area (TPSA) is 175 Å². The first-order valence-electron chi connectivity index (χ1n) is 19.7. The van der Waals surface area contributed by atoms with E-state index in [-0.39, 0.29) is 27.6 Å². The van der Waals surface area contributed by atoms with Crippen molar-refractivity contribution in [2.75, 3.05) is 81.5 Å². The van der Waals surface area contributed by atoms with Crippen LogP contribution in [-0.2, 0) is 14.8 Å². The zero-order valence-electron chi connectivity index (χ0n) is 32.0. The summed E-state index contributed by atoms with van der Waals surface area (Å²) in [5.74, 6) is -0.177. The molecule has 1 aromatic heterocycles. The summed E-state index contributed by atoms with van der Waals surface area (Å²) in [4.78, 5) is 32.8. The summed E-state index contributed by atoms with van der Waals surface area (Å²) in [5.41, 5.74) is 8.73. The summed E-state index contributed by atoms with van der Waals surface area (Å²) < 4.78 is 40.6. The number of ether oxygens (including phenoxy) is 2. The monoisotopic (exact) mass is 818 g/mol. The van der Waals surface area contributed by atoms with E-state index in [0.717, 1.165) is 95.4 Å². The number of piperidine rings is 2. The number of H-pyrrole nitrogens is 1. The Morgan fingerprint density at radius 3 is 2.51 bits per heavy atom. The Hall–Kier alpha value is -4.67. The highest BCUT2D eigenvalue weighted by Crippen LogP contribution is 2.36. The number of carbonyl (C=O) groups excluding carboxylic acids is 1. The molecule has 0 saturated carbocycles. The van der Waals surface area contributed by atoms with Crippen molar-refractivity contribution in [3.63, 3.8) is 0 Å². The van der Waals surface area contributed by atoms with Crippen molar-refractivity contribution >= 4 is 44.6 Å². The molecule has 1 amide bonds. The van der Waals surface area contributed by atoms with Gasteiger partial charge in [-0.1, -0.05) is 30.2 Å². The van der Waals surface area contributed by atoms with E-state index in [1.807, 2.05) is 12.1 Å². The molecule has 0 bridgehead atoms. The predicted molar refractivity (Wildman–Crippen MR) is 222 cm³/mol. The van der Waals surface area contributed by atoms with E-state index >= 15 is 0 Å². The van der Waals surface area contributed by atoms with E-state index in [4.69, 9.17) is 26.8 Å². The van der Waals surface area contributed by atoms with E-state index in [0.29, 0.717) is 24.2 Å². The third kappa shape index (κ3) is 10.6. The Morgan fingerprint density at radius 2 is 1.75 bits per heavy atom. The van der Waals surface area contributed by atoms with Crippen LogP contribution in [0.25, 0.3) is 0 Å². The van der Waals surface area contributed by atoms with Gasteiger partial charge in [0.1, 0.15) is 5.75 Å². The zero-order valence-corrected chi connectivity index (χ0v) is 33.6. The Kier molecular flexibility index (Phi) is 13.3. The Morgan fingerprint density at radius 1 is 0.965 bits per heavy atom. The number of nitrogens with two attached hydrogens (primary N) is 1. The van der Waals surface area contributed by atoms with Crippen LogP contribution in [-0.4, -0.2) is 99.9 Å². The standard InChI is InChI=1S/C41H51ClN8O6S/c42-31-7-5-30(6-8-31)38-4-1-2-17-50(38)28-29-13-18-49(19-14-29)32-9-11-35(39(24-32)56-33-25-40(51)46-45-27-33)41(52)47-57(53,54)34-10-12-37(36(43)26-34)44-15-3-16-48-20-22-55-23-21-48/h5-12,24-27,29,38,44H,1-4,13-23,28,43H2,(H,46,51)(H,47,52)/t38-/m0/s1. The minimum atomic E-state index is -4.32. The van der Waals surface area contributed by atoms with Crippen molar-refractivity contribution in [1.29, 1.82) is 0 Å². The van der Waals surface area contributed by atoms with Gasteiger partial charge in [0.25, 0.3) is 21.5 Å². The van der Waals surface area contributed by atoms with Crippen LogP contribution in [0.5, 0.6) is 11.5 Å². The van der Waals surface area contributed by atoms with E-state index in [1.165, 1.54) is 42.8 Å². The van der Waals surface area contributed by atoms with Crippen molar-refractivity contribution < 1.29 is 22.7 Å². The van der Waals surface area contributed by atoms with Crippen molar-refractivity contribution in [2.24, 2.45) is 5.92 Å². The van der Waals surface area contributed by atoms with Gasteiger partial charge >= 0.3 is 0 Å². The number of aromatic amines is 1. The second kappa shape index (κ2) is 18.7. The molecule has 0 radical (unpaired) electrons. The predicted octanol–water partition coefficient (Wildman–Crippen LogP) is 5.49. The second-order valence-corrected chi connectivity index (χ2v) is 17.1. The van der Waals surface area contributed by atoms with E-state index in [2.05, 4.69) is 47.1 Å². The van der Waals surface area contributed by atoms with Gasteiger partial charge in [-0.15, -0.1) is 0 Å². The first-order chi connectivity index (χ1) is 27.6. The number of hydrogen-bond donors (Lipinski definition) is 4. The summed E-state index contributed by atoms with van der Waals surface area (Å²) in [5, 5.41) is 10.1. The highest BCUT2D eigenvalue weighted by atomic mass is 35.5. The van der Waals surface area contributed by atoms with Gasteiger partial charge in [0, 0.05) is 68.2 Å². The van der Waals surface area contributed by atoms with Crippen molar-refractivity contribution in [2.45, 2.75) is 49.5 Å². The van der Waals surface area contributed by atoms with Gasteiger partial charge in [0.15, 0.2) is 5.75 Å². The van der Waals surface area contributed by atoms with Crippen LogP contribution in [0.2, 0.25) is 5.02 Å². The molecule has 4 aromatic rings. The average molecular weight is 819 g/mol. The number of morpholine rings is 1. The number of nitrogens with one attached hydrogen (secondary N) is 3. The van der Waals surface area contributed by atoms with Gasteiger partial charge in [-0.2, -0.15) is 5.10 Å². The Balaban J connectivity index is 1.01. The second-order valence-electron chi connectivity index (χ2n) is 15.0. The normalized spacial score (nSPS) is 18.6. The van der Waals surface area contributed by atoms with Gasteiger partial charge < -0.3 is 25.4 Å². The number of nitrogens with zero attached hydrogens (tertiary/aromatic N) is 4. The molecule has 3 aliphatic heterocycles. The number of amides is 1. The van der Waals surface area contributed by atoms with E-state index < -0.39 is 21.5 Å². The number of aromatic nitrogens is 2. The molecule has 1 atom stereocenters. The van der Waals surface area contributed by atoms with Crippen LogP contribution >= 0.6 is 11.6 Å². The molecule has 3 aromatic carbocycles. The lowest BCUT2D eigenvalue weighted by Crippen LogP contribution is -2.41. The van der Waals surface area contributed by atoms with Gasteiger partial charge in [0.05, 0.1) is 41.2 Å². The van der Waals surface area contributed by atoms with Crippen LogP contribution in [0, 0.1) is 5.92 Å². The average Bonchev–Trinajstić information content (AvgIpc) is 3.21. The molecule has 304 valence electrons. The molecule has 16 heteroatoms. The van der Waals surface area contributed by atoms with Gasteiger partial charge in [-0.3, -0.25) is 19.4 Å². The fourth-order valence-corrected chi connectivity index (χ4v) is 9.08. The van der Waals surface area contributed by atoms with Gasteiger partial charge in [-0.05, 0) is 99.1 Å². The molecule has 57 heavy (non-hydrogen) atoms. The first-order valence-corrected chi connectivity index (χ1v) is 21.6. The van der Waals surface area contributed by atoms with E-state index in [9.17, 15) is 18.0 Å². The molecule has 0 unspecified atom stereocenters. The molecule has 7 rings (SSSR count). The minimum absolute atomic E-state index is 0.0256. The third-order valence-corrected chi connectivity index (χ3v) is 12.6. The number of sulfonamides is 1. The number of carbonyl (C=O) groups is 1. The van der Waals surface area contributed by atoms with Crippen LogP contribution in [0.15, 0.2) is 82.6 Å². The van der Waals surface area contributed by atoms with Crippen molar-refractivity contribution in [1.82, 2.24) is 24.7 Å². The van der Waals surface area contributed by atoms with Gasteiger partial charge in [0.2, 0.25) is 0 Å². The number of halogens is 1. The van der Waals surface area contributed by atoms with Gasteiger partial charge in [-0.25, -0.2) is 18.2 Å². The minimum Gasteiger partial charge on any atom is -0.455 e. The molecule has 5 N–H and O–H groups in total. The molecule has 3 fully saturated rings. The van der Waals surface area contributed by atoms with E-state index in [1.54, 1.807) is 24.3 Å².